The van der Waals surface area contributed by atoms with Gasteiger partial charge in [-0.1, -0.05) is 30.3 Å². The second-order valence-electron chi connectivity index (χ2n) is 6.60. The van der Waals surface area contributed by atoms with Crippen molar-refractivity contribution in [1.82, 2.24) is 4.90 Å². The number of carbonyl (C=O) groups excluding carboxylic acids is 3. The summed E-state index contributed by atoms with van der Waals surface area (Å²) in [5.74, 6) is -1.02. The Hall–Kier alpha value is -2.57. The van der Waals surface area contributed by atoms with Crippen LogP contribution in [0.3, 0.4) is 0 Å². The summed E-state index contributed by atoms with van der Waals surface area (Å²) in [6, 6.07) is 9.18. The van der Waals surface area contributed by atoms with E-state index in [2.05, 4.69) is 0 Å². The molecule has 0 radical (unpaired) electrons. The number of hydrogen-bond acceptors (Lipinski definition) is 6. The summed E-state index contributed by atoms with van der Waals surface area (Å²) in [5, 5.41) is 0. The number of benzene rings is 1. The maximum Gasteiger partial charge on any atom is 0.410 e. The molecule has 0 aromatic heterocycles. The Morgan fingerprint density at radius 1 is 1.00 bits per heavy atom. The van der Waals surface area contributed by atoms with Gasteiger partial charge in [-0.3, -0.25) is 14.5 Å². The van der Waals surface area contributed by atoms with Crippen molar-refractivity contribution in [1.29, 1.82) is 0 Å². The minimum absolute atomic E-state index is 0.00134. The molecule has 0 bridgehead atoms. The van der Waals surface area contributed by atoms with Gasteiger partial charge in [0.2, 0.25) is 0 Å². The van der Waals surface area contributed by atoms with Gasteiger partial charge in [-0.05, 0) is 33.3 Å². The number of rotatable bonds is 8. The molecule has 1 aromatic rings. The van der Waals surface area contributed by atoms with Gasteiger partial charge >= 0.3 is 18.0 Å². The molecular formula is C19H27NO6. The number of ether oxygens (including phenoxy) is 3. The van der Waals surface area contributed by atoms with E-state index in [1.165, 1.54) is 0 Å². The zero-order valence-corrected chi connectivity index (χ0v) is 15.8. The highest BCUT2D eigenvalue weighted by molar-refractivity contribution is 5.78. The lowest BCUT2D eigenvalue weighted by molar-refractivity contribution is -0.155. The number of amides is 1. The highest BCUT2D eigenvalue weighted by Crippen LogP contribution is 2.09. The molecule has 26 heavy (non-hydrogen) atoms. The Kier molecular flexibility index (Phi) is 8.61. The summed E-state index contributed by atoms with van der Waals surface area (Å²) in [5.41, 5.74) is 0.209. The molecular weight excluding hydrogens is 338 g/mol. The van der Waals surface area contributed by atoms with E-state index < -0.39 is 23.6 Å². The molecule has 1 amide bonds. The molecule has 0 aliphatic carbocycles. The molecule has 0 fully saturated rings. The zero-order chi connectivity index (χ0) is 19.6. The molecule has 1 aromatic carbocycles. The Bertz CT molecular complexity index is 594. The van der Waals surface area contributed by atoms with Crippen LogP contribution >= 0.6 is 0 Å². The van der Waals surface area contributed by atoms with Gasteiger partial charge in [0.15, 0.2) is 0 Å². The molecule has 0 saturated heterocycles. The van der Waals surface area contributed by atoms with Crippen LogP contribution in [0.25, 0.3) is 0 Å². The summed E-state index contributed by atoms with van der Waals surface area (Å²) in [4.78, 5) is 37.0. The minimum atomic E-state index is -0.689. The fourth-order valence-corrected chi connectivity index (χ4v) is 2.03. The fourth-order valence-electron chi connectivity index (χ4n) is 2.03. The predicted octanol–water partition coefficient (Wildman–Crippen LogP) is 2.92. The van der Waals surface area contributed by atoms with Crippen molar-refractivity contribution >= 4 is 18.0 Å². The van der Waals surface area contributed by atoms with E-state index in [1.54, 1.807) is 27.7 Å². The van der Waals surface area contributed by atoms with Crippen LogP contribution in [0.5, 0.6) is 0 Å². The summed E-state index contributed by atoms with van der Waals surface area (Å²) >= 11 is 0. The molecule has 1 rings (SSSR count). The summed E-state index contributed by atoms with van der Waals surface area (Å²) in [6.45, 7) is 6.95. The molecule has 0 atom stereocenters. The SMILES string of the molecule is CCOC(=O)CN(CCC(=O)OC(C)(C)C)C(=O)OCc1ccccc1. The van der Waals surface area contributed by atoms with E-state index >= 15 is 0 Å². The van der Waals surface area contributed by atoms with Gasteiger partial charge < -0.3 is 14.2 Å². The maximum atomic E-state index is 12.3. The predicted molar refractivity (Wildman–Crippen MR) is 95.3 cm³/mol. The standard InChI is InChI=1S/C19H27NO6/c1-5-24-17(22)13-20(12-11-16(21)26-19(2,3)4)18(23)25-14-15-9-7-6-8-10-15/h6-10H,5,11-14H2,1-4H3. The van der Waals surface area contributed by atoms with Crippen LogP contribution in [0.2, 0.25) is 0 Å². The van der Waals surface area contributed by atoms with Gasteiger partial charge in [-0.25, -0.2) is 4.79 Å². The third-order valence-corrected chi connectivity index (χ3v) is 3.09. The number of nitrogens with zero attached hydrogens (tertiary/aromatic N) is 1. The van der Waals surface area contributed by atoms with Gasteiger partial charge in [0.05, 0.1) is 13.0 Å². The molecule has 0 N–H and O–H groups in total. The van der Waals surface area contributed by atoms with Gasteiger partial charge in [-0.15, -0.1) is 0 Å². The van der Waals surface area contributed by atoms with Crippen molar-refractivity contribution in [3.63, 3.8) is 0 Å². The van der Waals surface area contributed by atoms with Crippen LogP contribution in [0.4, 0.5) is 4.79 Å². The van der Waals surface area contributed by atoms with E-state index in [9.17, 15) is 14.4 Å². The summed E-state index contributed by atoms with van der Waals surface area (Å²) in [7, 11) is 0. The highest BCUT2D eigenvalue weighted by atomic mass is 16.6. The van der Waals surface area contributed by atoms with Crippen LogP contribution in [-0.2, 0) is 30.4 Å². The van der Waals surface area contributed by atoms with E-state index in [1.807, 2.05) is 30.3 Å². The lowest BCUT2D eigenvalue weighted by Crippen LogP contribution is -2.39. The Morgan fingerprint density at radius 2 is 1.65 bits per heavy atom. The number of esters is 2. The van der Waals surface area contributed by atoms with Crippen LogP contribution in [0.15, 0.2) is 30.3 Å². The second-order valence-corrected chi connectivity index (χ2v) is 6.60. The molecule has 0 spiro atoms. The Labute approximate surface area is 154 Å². The number of hydrogen-bond donors (Lipinski definition) is 0. The molecule has 0 aliphatic rings. The van der Waals surface area contributed by atoms with Crippen molar-refractivity contribution in [2.75, 3.05) is 19.7 Å². The van der Waals surface area contributed by atoms with Crippen LogP contribution in [-0.4, -0.2) is 48.2 Å². The van der Waals surface area contributed by atoms with Crippen molar-refractivity contribution < 1.29 is 28.6 Å². The van der Waals surface area contributed by atoms with Crippen molar-refractivity contribution in [3.8, 4) is 0 Å². The Morgan fingerprint density at radius 3 is 2.23 bits per heavy atom. The quantitative estimate of drug-likeness (QED) is 0.520. The minimum Gasteiger partial charge on any atom is -0.465 e. The fraction of sp³-hybridized carbons (Fsp3) is 0.526. The lowest BCUT2D eigenvalue weighted by Gasteiger charge is -2.23. The lowest BCUT2D eigenvalue weighted by atomic mass is 10.2. The zero-order valence-electron chi connectivity index (χ0n) is 15.8. The maximum absolute atomic E-state index is 12.3. The first-order valence-electron chi connectivity index (χ1n) is 8.54. The smallest absolute Gasteiger partial charge is 0.410 e. The van der Waals surface area contributed by atoms with Crippen molar-refractivity contribution in [3.05, 3.63) is 35.9 Å². The first-order chi connectivity index (χ1) is 12.2. The van der Waals surface area contributed by atoms with Crippen molar-refractivity contribution in [2.24, 2.45) is 0 Å². The molecule has 0 saturated carbocycles. The third-order valence-electron chi connectivity index (χ3n) is 3.09. The normalized spacial score (nSPS) is 10.8. The Balaban J connectivity index is 2.63. The van der Waals surface area contributed by atoms with Crippen LogP contribution < -0.4 is 0 Å². The second kappa shape index (κ2) is 10.4. The molecule has 7 heteroatoms. The van der Waals surface area contributed by atoms with Crippen LogP contribution in [0, 0.1) is 0 Å². The van der Waals surface area contributed by atoms with E-state index in [0.717, 1.165) is 10.5 Å². The van der Waals surface area contributed by atoms with Gasteiger partial charge in [0.25, 0.3) is 0 Å². The largest absolute Gasteiger partial charge is 0.465 e. The molecule has 144 valence electrons. The molecule has 0 unspecified atom stereocenters. The molecule has 0 heterocycles. The molecule has 0 aliphatic heterocycles. The first kappa shape index (κ1) is 21.5. The topological polar surface area (TPSA) is 82.1 Å². The van der Waals surface area contributed by atoms with Gasteiger partial charge in [0.1, 0.15) is 18.8 Å². The van der Waals surface area contributed by atoms with E-state index in [-0.39, 0.29) is 32.7 Å². The highest BCUT2D eigenvalue weighted by Gasteiger charge is 2.22. The summed E-state index contributed by atoms with van der Waals surface area (Å²) < 4.78 is 15.3. The summed E-state index contributed by atoms with van der Waals surface area (Å²) in [6.07, 6.45) is -0.734. The van der Waals surface area contributed by atoms with Crippen LogP contribution in [0.1, 0.15) is 39.7 Å². The van der Waals surface area contributed by atoms with E-state index in [4.69, 9.17) is 14.2 Å². The van der Waals surface area contributed by atoms with E-state index in [0.29, 0.717) is 0 Å². The number of carbonyl (C=O) groups is 3. The monoisotopic (exact) mass is 365 g/mol. The third kappa shape index (κ3) is 9.05. The average Bonchev–Trinajstić information content (AvgIpc) is 2.56. The van der Waals surface area contributed by atoms with Gasteiger partial charge in [-0.2, -0.15) is 0 Å². The van der Waals surface area contributed by atoms with Crippen molar-refractivity contribution in [2.45, 2.75) is 46.3 Å². The van der Waals surface area contributed by atoms with Gasteiger partial charge in [0, 0.05) is 6.54 Å². The average molecular weight is 365 g/mol. The first-order valence-corrected chi connectivity index (χ1v) is 8.54. The molecule has 7 nitrogen and oxygen atoms in total.